The number of carbonyl (C=O) groups excluding carboxylic acids is 1. The fourth-order valence-corrected chi connectivity index (χ4v) is 4.30. The summed E-state index contributed by atoms with van der Waals surface area (Å²) in [6.45, 7) is 0.0197. The van der Waals surface area contributed by atoms with Gasteiger partial charge in [0.2, 0.25) is 0 Å². The zero-order valence-electron chi connectivity index (χ0n) is 18.4. The zero-order chi connectivity index (χ0) is 24.9. The molecule has 0 aromatic heterocycles. The summed E-state index contributed by atoms with van der Waals surface area (Å²) >= 11 is 0. The number of hydrogen-bond donors (Lipinski definition) is 1. The lowest BCUT2D eigenvalue weighted by atomic mass is 9.78. The average Bonchev–Trinajstić information content (AvgIpc) is 2.81. The molecule has 3 rings (SSSR count). The van der Waals surface area contributed by atoms with Crippen LogP contribution in [0, 0.1) is 11.8 Å². The Bertz CT molecular complexity index is 929. The summed E-state index contributed by atoms with van der Waals surface area (Å²) in [5.74, 6) is -1.53. The van der Waals surface area contributed by atoms with Crippen LogP contribution in [-0.2, 0) is 33.2 Å². The Balaban J connectivity index is 1.79. The van der Waals surface area contributed by atoms with Gasteiger partial charge in [0, 0.05) is 6.04 Å². The van der Waals surface area contributed by atoms with Crippen molar-refractivity contribution in [2.75, 3.05) is 20.3 Å². The van der Waals surface area contributed by atoms with Crippen LogP contribution in [0.4, 0.5) is 26.3 Å². The Morgan fingerprint density at radius 3 is 2.21 bits per heavy atom. The van der Waals surface area contributed by atoms with Crippen molar-refractivity contribution >= 4 is 5.97 Å². The van der Waals surface area contributed by atoms with Gasteiger partial charge >= 0.3 is 18.3 Å². The molecule has 0 spiro atoms. The lowest BCUT2D eigenvalue weighted by Gasteiger charge is -2.37. The van der Waals surface area contributed by atoms with Gasteiger partial charge in [0.1, 0.15) is 0 Å². The number of piperidine rings is 1. The third-order valence-electron chi connectivity index (χ3n) is 5.90. The predicted octanol–water partition coefficient (Wildman–Crippen LogP) is 5.77. The minimum absolute atomic E-state index is 0.0684. The summed E-state index contributed by atoms with van der Waals surface area (Å²) in [6.07, 6.45) is -8.41. The van der Waals surface area contributed by atoms with E-state index in [1.54, 1.807) is 0 Å². The van der Waals surface area contributed by atoms with Crippen molar-refractivity contribution in [3.63, 3.8) is 0 Å². The second kappa shape index (κ2) is 10.8. The standard InChI is InChI=1S/C24H25F6NO3/c1-33-22(32)20(19-8-5-9-31-21(19)16-6-3-2-4-7-16)14-34-13-15-10-17(23(25,26)27)12-18(11-15)24(28,29)30/h2-4,6-7,10-12,19-21,31H,5,8-9,13-14H2,1H3. The number of carbonyl (C=O) groups is 1. The van der Waals surface area contributed by atoms with Gasteiger partial charge in [-0.3, -0.25) is 4.79 Å². The maximum Gasteiger partial charge on any atom is 0.416 e. The zero-order valence-corrected chi connectivity index (χ0v) is 18.4. The minimum Gasteiger partial charge on any atom is -0.469 e. The molecule has 2 aromatic carbocycles. The Hall–Kier alpha value is -2.59. The van der Waals surface area contributed by atoms with E-state index in [9.17, 15) is 31.1 Å². The van der Waals surface area contributed by atoms with E-state index in [-0.39, 0.29) is 30.2 Å². The van der Waals surface area contributed by atoms with Gasteiger partial charge in [-0.15, -0.1) is 0 Å². The van der Waals surface area contributed by atoms with Crippen molar-refractivity contribution in [1.29, 1.82) is 0 Å². The van der Waals surface area contributed by atoms with Crippen LogP contribution in [0.2, 0.25) is 0 Å². The first-order chi connectivity index (χ1) is 16.0. The van der Waals surface area contributed by atoms with Crippen molar-refractivity contribution in [3.05, 3.63) is 70.8 Å². The first-order valence-corrected chi connectivity index (χ1v) is 10.7. The van der Waals surface area contributed by atoms with Crippen LogP contribution in [0.1, 0.15) is 41.1 Å². The number of esters is 1. The van der Waals surface area contributed by atoms with E-state index in [0.717, 1.165) is 18.5 Å². The highest BCUT2D eigenvalue weighted by Crippen LogP contribution is 2.38. The average molecular weight is 489 g/mol. The molecule has 4 nitrogen and oxygen atoms in total. The van der Waals surface area contributed by atoms with Crippen LogP contribution in [-0.4, -0.2) is 26.2 Å². The first-order valence-electron chi connectivity index (χ1n) is 10.7. The van der Waals surface area contributed by atoms with E-state index in [0.29, 0.717) is 18.6 Å². The summed E-state index contributed by atoms with van der Waals surface area (Å²) in [7, 11) is 1.23. The number of hydrogen-bond acceptors (Lipinski definition) is 4. The Morgan fingerprint density at radius 2 is 1.65 bits per heavy atom. The highest BCUT2D eigenvalue weighted by Gasteiger charge is 2.39. The molecule has 34 heavy (non-hydrogen) atoms. The number of ether oxygens (including phenoxy) is 2. The van der Waals surface area contributed by atoms with Crippen LogP contribution in [0.25, 0.3) is 0 Å². The van der Waals surface area contributed by atoms with Crippen molar-refractivity contribution in [1.82, 2.24) is 5.32 Å². The van der Waals surface area contributed by atoms with Gasteiger partial charge in [-0.2, -0.15) is 26.3 Å². The molecular weight excluding hydrogens is 464 g/mol. The fraction of sp³-hybridized carbons (Fsp3) is 0.458. The number of halogens is 6. The molecule has 3 atom stereocenters. The van der Waals surface area contributed by atoms with Crippen LogP contribution in [0.3, 0.4) is 0 Å². The molecule has 0 radical (unpaired) electrons. The van der Waals surface area contributed by atoms with Crippen molar-refractivity contribution in [2.45, 2.75) is 37.8 Å². The van der Waals surface area contributed by atoms with E-state index >= 15 is 0 Å². The largest absolute Gasteiger partial charge is 0.469 e. The molecule has 1 aliphatic rings. The molecule has 10 heteroatoms. The van der Waals surface area contributed by atoms with E-state index in [1.165, 1.54) is 7.11 Å². The van der Waals surface area contributed by atoms with E-state index in [4.69, 9.17) is 9.47 Å². The Kier molecular flexibility index (Phi) is 8.25. The summed E-state index contributed by atoms with van der Waals surface area (Å²) < 4.78 is 89.1. The van der Waals surface area contributed by atoms with Gasteiger partial charge in [-0.25, -0.2) is 0 Å². The highest BCUT2D eigenvalue weighted by atomic mass is 19.4. The molecule has 2 aromatic rings. The predicted molar refractivity (Wildman–Crippen MR) is 112 cm³/mol. The lowest BCUT2D eigenvalue weighted by Crippen LogP contribution is -2.42. The van der Waals surface area contributed by atoms with E-state index in [1.807, 2.05) is 30.3 Å². The first kappa shape index (κ1) is 26.0. The van der Waals surface area contributed by atoms with Gasteiger partial charge in [0.05, 0.1) is 37.4 Å². The maximum absolute atomic E-state index is 13.1. The van der Waals surface area contributed by atoms with Gasteiger partial charge in [-0.1, -0.05) is 30.3 Å². The fourth-order valence-electron chi connectivity index (χ4n) is 4.30. The quantitative estimate of drug-likeness (QED) is 0.396. The summed E-state index contributed by atoms with van der Waals surface area (Å²) in [4.78, 5) is 12.6. The molecule has 0 saturated carbocycles. The molecule has 1 fully saturated rings. The maximum atomic E-state index is 13.1. The Morgan fingerprint density at radius 1 is 1.03 bits per heavy atom. The van der Waals surface area contributed by atoms with Gasteiger partial charge < -0.3 is 14.8 Å². The molecule has 1 saturated heterocycles. The number of methoxy groups -OCH3 is 1. The molecule has 0 aliphatic carbocycles. The van der Waals surface area contributed by atoms with E-state index in [2.05, 4.69) is 5.32 Å². The van der Waals surface area contributed by atoms with Gasteiger partial charge in [-0.05, 0) is 54.6 Å². The molecule has 1 N–H and O–H groups in total. The molecule has 3 unspecified atom stereocenters. The Labute approximate surface area is 193 Å². The summed E-state index contributed by atoms with van der Waals surface area (Å²) in [6, 6.07) is 10.6. The normalized spacial score (nSPS) is 20.1. The topological polar surface area (TPSA) is 47.6 Å². The monoisotopic (exact) mass is 489 g/mol. The van der Waals surface area contributed by atoms with Crippen LogP contribution in [0.15, 0.2) is 48.5 Å². The third-order valence-corrected chi connectivity index (χ3v) is 5.90. The number of benzene rings is 2. The molecule has 1 heterocycles. The van der Waals surface area contributed by atoms with Crippen LogP contribution >= 0.6 is 0 Å². The van der Waals surface area contributed by atoms with Crippen molar-refractivity contribution < 1.29 is 40.6 Å². The van der Waals surface area contributed by atoms with Crippen LogP contribution < -0.4 is 5.32 Å². The van der Waals surface area contributed by atoms with Crippen molar-refractivity contribution in [3.8, 4) is 0 Å². The summed E-state index contributed by atoms with van der Waals surface area (Å²) in [5.41, 5.74) is -2.14. The van der Waals surface area contributed by atoms with E-state index < -0.39 is 42.0 Å². The summed E-state index contributed by atoms with van der Waals surface area (Å²) in [5, 5.41) is 3.39. The lowest BCUT2D eigenvalue weighted by molar-refractivity contribution is -0.151. The minimum atomic E-state index is -4.94. The molecule has 0 bridgehead atoms. The van der Waals surface area contributed by atoms with Gasteiger partial charge in [0.15, 0.2) is 0 Å². The molecular formula is C24H25F6NO3. The molecule has 0 amide bonds. The smallest absolute Gasteiger partial charge is 0.416 e. The number of nitrogens with one attached hydrogen (secondary N) is 1. The third kappa shape index (κ3) is 6.50. The van der Waals surface area contributed by atoms with Gasteiger partial charge in [0.25, 0.3) is 0 Å². The SMILES string of the molecule is COC(=O)C(COCc1cc(C(F)(F)F)cc(C(F)(F)F)c1)C1CCCNC1c1ccccc1. The highest BCUT2D eigenvalue weighted by molar-refractivity contribution is 5.73. The van der Waals surface area contributed by atoms with Crippen LogP contribution in [0.5, 0.6) is 0 Å². The van der Waals surface area contributed by atoms with Crippen molar-refractivity contribution in [2.24, 2.45) is 11.8 Å². The molecule has 186 valence electrons. The molecule has 1 aliphatic heterocycles. The number of rotatable bonds is 7. The number of alkyl halides is 6. The second-order valence-corrected chi connectivity index (χ2v) is 8.21. The second-order valence-electron chi connectivity index (χ2n) is 8.21.